The maximum atomic E-state index is 11.8. The van der Waals surface area contributed by atoms with Crippen molar-refractivity contribution in [3.8, 4) is 23.0 Å². The summed E-state index contributed by atoms with van der Waals surface area (Å²) in [7, 11) is 0. The predicted octanol–water partition coefficient (Wildman–Crippen LogP) is 5.32. The molecular weight excluding hydrogens is 348 g/mol. The zero-order chi connectivity index (χ0) is 20.1. The van der Waals surface area contributed by atoms with E-state index in [1.165, 1.54) is 6.07 Å². The Hall–Kier alpha value is -2.11. The fourth-order valence-corrected chi connectivity index (χ4v) is 2.38. The molecule has 0 bridgehead atoms. The number of aromatic carboxylic acids is 1. The number of ether oxygens (including phenoxy) is 4. The molecule has 1 N–H and O–H groups in total. The Balaban J connectivity index is 3.40. The van der Waals surface area contributed by atoms with Crippen molar-refractivity contribution in [1.29, 1.82) is 0 Å². The Morgan fingerprint density at radius 3 is 1.78 bits per heavy atom. The van der Waals surface area contributed by atoms with Crippen LogP contribution in [0.2, 0.25) is 0 Å². The van der Waals surface area contributed by atoms with Crippen LogP contribution in [0.1, 0.15) is 76.6 Å². The van der Waals surface area contributed by atoms with E-state index in [0.717, 1.165) is 38.5 Å². The molecule has 0 aromatic heterocycles. The molecule has 0 radical (unpaired) electrons. The van der Waals surface area contributed by atoms with E-state index in [1.807, 2.05) is 6.92 Å². The fourth-order valence-electron chi connectivity index (χ4n) is 2.38. The molecule has 6 heteroatoms. The maximum Gasteiger partial charge on any atom is 0.339 e. The van der Waals surface area contributed by atoms with Gasteiger partial charge in [-0.25, -0.2) is 4.79 Å². The summed E-state index contributed by atoms with van der Waals surface area (Å²) in [5.41, 5.74) is 0.0256. The topological polar surface area (TPSA) is 74.2 Å². The molecule has 1 rings (SSSR count). The van der Waals surface area contributed by atoms with E-state index in [0.29, 0.717) is 43.7 Å². The summed E-state index contributed by atoms with van der Waals surface area (Å²) < 4.78 is 23.4. The van der Waals surface area contributed by atoms with Crippen molar-refractivity contribution in [2.24, 2.45) is 0 Å². The van der Waals surface area contributed by atoms with Gasteiger partial charge in [-0.2, -0.15) is 0 Å². The molecule has 0 saturated carbocycles. The van der Waals surface area contributed by atoms with E-state index in [1.54, 1.807) is 0 Å². The van der Waals surface area contributed by atoms with Gasteiger partial charge in [-0.3, -0.25) is 0 Å². The van der Waals surface area contributed by atoms with Gasteiger partial charge in [-0.15, -0.1) is 0 Å². The molecule has 0 fully saturated rings. The van der Waals surface area contributed by atoms with Gasteiger partial charge >= 0.3 is 5.97 Å². The zero-order valence-electron chi connectivity index (χ0n) is 17.1. The first kappa shape index (κ1) is 22.9. The van der Waals surface area contributed by atoms with Crippen LogP contribution in [-0.2, 0) is 0 Å². The molecule has 1 aromatic carbocycles. The molecule has 0 atom stereocenters. The highest BCUT2D eigenvalue weighted by atomic mass is 16.6. The van der Waals surface area contributed by atoms with Crippen molar-refractivity contribution in [2.75, 3.05) is 26.4 Å². The second-order valence-electron chi connectivity index (χ2n) is 6.25. The van der Waals surface area contributed by atoms with Gasteiger partial charge < -0.3 is 24.1 Å². The summed E-state index contributed by atoms with van der Waals surface area (Å²) in [6, 6.07) is 1.48. The Kier molecular flexibility index (Phi) is 11.1. The van der Waals surface area contributed by atoms with Crippen LogP contribution in [0, 0.1) is 0 Å². The molecule has 0 amide bonds. The molecule has 0 heterocycles. The Labute approximate surface area is 162 Å². The average molecular weight is 382 g/mol. The Bertz CT molecular complexity index is 570. The minimum atomic E-state index is -1.08. The average Bonchev–Trinajstić information content (AvgIpc) is 2.65. The van der Waals surface area contributed by atoms with E-state index in [4.69, 9.17) is 18.9 Å². The van der Waals surface area contributed by atoms with Crippen LogP contribution >= 0.6 is 0 Å². The molecule has 0 aliphatic heterocycles. The van der Waals surface area contributed by atoms with Gasteiger partial charge in [0.1, 0.15) is 5.56 Å². The number of carbonyl (C=O) groups is 1. The normalized spacial score (nSPS) is 10.5. The van der Waals surface area contributed by atoms with Crippen LogP contribution in [0.4, 0.5) is 0 Å². The van der Waals surface area contributed by atoms with Gasteiger partial charge in [0, 0.05) is 6.07 Å². The first-order valence-corrected chi connectivity index (χ1v) is 10.1. The van der Waals surface area contributed by atoms with Crippen molar-refractivity contribution < 1.29 is 28.8 Å². The molecule has 0 saturated heterocycles. The lowest BCUT2D eigenvalue weighted by Gasteiger charge is -2.21. The van der Waals surface area contributed by atoms with Crippen LogP contribution in [-0.4, -0.2) is 37.5 Å². The number of carboxylic acids is 1. The first-order valence-electron chi connectivity index (χ1n) is 10.1. The van der Waals surface area contributed by atoms with Crippen molar-refractivity contribution in [3.63, 3.8) is 0 Å². The molecule has 0 spiro atoms. The number of benzene rings is 1. The lowest BCUT2D eigenvalue weighted by molar-refractivity contribution is 0.0690. The van der Waals surface area contributed by atoms with E-state index < -0.39 is 5.97 Å². The smallest absolute Gasteiger partial charge is 0.339 e. The molecule has 0 unspecified atom stereocenters. The quantitative estimate of drug-likeness (QED) is 0.414. The Morgan fingerprint density at radius 1 is 0.778 bits per heavy atom. The van der Waals surface area contributed by atoms with Crippen LogP contribution in [0.5, 0.6) is 23.0 Å². The minimum absolute atomic E-state index is 0.0256. The highest BCUT2D eigenvalue weighted by Crippen LogP contribution is 2.47. The number of carboxylic acid groups (broad SMARTS) is 1. The van der Waals surface area contributed by atoms with Crippen LogP contribution in [0.15, 0.2) is 6.07 Å². The van der Waals surface area contributed by atoms with E-state index in [-0.39, 0.29) is 11.3 Å². The van der Waals surface area contributed by atoms with Crippen molar-refractivity contribution in [2.45, 2.75) is 66.2 Å². The molecule has 6 nitrogen and oxygen atoms in total. The van der Waals surface area contributed by atoms with Gasteiger partial charge in [-0.05, 0) is 26.2 Å². The second kappa shape index (κ2) is 13.1. The van der Waals surface area contributed by atoms with Gasteiger partial charge in [0.15, 0.2) is 11.5 Å². The third-order valence-corrected chi connectivity index (χ3v) is 3.92. The summed E-state index contributed by atoms with van der Waals surface area (Å²) in [5.74, 6) is 0.276. The van der Waals surface area contributed by atoms with Crippen LogP contribution in [0.3, 0.4) is 0 Å². The SMILES string of the molecule is CCCCOc1cc(C(=O)O)c(OCC)c(OCCCC)c1OCCCC. The lowest BCUT2D eigenvalue weighted by atomic mass is 10.1. The van der Waals surface area contributed by atoms with Crippen molar-refractivity contribution >= 4 is 5.97 Å². The van der Waals surface area contributed by atoms with Crippen molar-refractivity contribution in [1.82, 2.24) is 0 Å². The highest BCUT2D eigenvalue weighted by Gasteiger charge is 2.26. The van der Waals surface area contributed by atoms with Gasteiger partial charge in [-0.1, -0.05) is 40.0 Å². The van der Waals surface area contributed by atoms with Crippen LogP contribution in [0.25, 0.3) is 0 Å². The monoisotopic (exact) mass is 382 g/mol. The van der Waals surface area contributed by atoms with Crippen molar-refractivity contribution in [3.05, 3.63) is 11.6 Å². The van der Waals surface area contributed by atoms with Crippen LogP contribution < -0.4 is 18.9 Å². The number of rotatable bonds is 15. The van der Waals surface area contributed by atoms with Gasteiger partial charge in [0.05, 0.1) is 26.4 Å². The van der Waals surface area contributed by atoms with Gasteiger partial charge in [0.25, 0.3) is 0 Å². The third-order valence-electron chi connectivity index (χ3n) is 3.92. The molecule has 27 heavy (non-hydrogen) atoms. The summed E-state index contributed by atoms with van der Waals surface area (Å²) in [4.78, 5) is 11.8. The zero-order valence-corrected chi connectivity index (χ0v) is 17.1. The molecule has 154 valence electrons. The van der Waals surface area contributed by atoms with Gasteiger partial charge in [0.2, 0.25) is 11.5 Å². The second-order valence-corrected chi connectivity index (χ2v) is 6.25. The third kappa shape index (κ3) is 7.19. The van der Waals surface area contributed by atoms with E-state index in [2.05, 4.69) is 20.8 Å². The maximum absolute atomic E-state index is 11.8. The summed E-state index contributed by atoms with van der Waals surface area (Å²) in [6.45, 7) is 9.81. The molecular formula is C21H34O6. The Morgan fingerprint density at radius 2 is 1.30 bits per heavy atom. The molecule has 0 aliphatic rings. The highest BCUT2D eigenvalue weighted by molar-refractivity contribution is 5.93. The standard InChI is InChI=1S/C21H34O6/c1-5-9-12-25-17-15-16(21(22)23)18(24-8-4)20(27-14-11-7-3)19(17)26-13-10-6-2/h15H,5-14H2,1-4H3,(H,22,23). The molecule has 0 aliphatic carbocycles. The van der Waals surface area contributed by atoms with E-state index in [9.17, 15) is 9.90 Å². The number of unbranched alkanes of at least 4 members (excludes halogenated alkanes) is 3. The largest absolute Gasteiger partial charge is 0.490 e. The predicted molar refractivity (Wildman–Crippen MR) is 106 cm³/mol. The van der Waals surface area contributed by atoms with E-state index >= 15 is 0 Å². The lowest BCUT2D eigenvalue weighted by Crippen LogP contribution is -2.11. The summed E-state index contributed by atoms with van der Waals surface area (Å²) >= 11 is 0. The first-order chi connectivity index (χ1) is 13.1. The number of hydrogen-bond donors (Lipinski definition) is 1. The summed E-state index contributed by atoms with van der Waals surface area (Å²) in [6.07, 6.45) is 5.54. The fraction of sp³-hybridized carbons (Fsp3) is 0.667. The summed E-state index contributed by atoms with van der Waals surface area (Å²) in [5, 5.41) is 9.66. The minimum Gasteiger partial charge on any atom is -0.490 e. The molecule has 1 aromatic rings. The number of hydrogen-bond acceptors (Lipinski definition) is 5.